The second-order valence-corrected chi connectivity index (χ2v) is 3.79. The maximum absolute atomic E-state index is 11.5. The summed E-state index contributed by atoms with van der Waals surface area (Å²) in [5, 5.41) is 8.37. The van der Waals surface area contributed by atoms with Crippen molar-refractivity contribution >= 4 is 5.91 Å². The zero-order valence-electron chi connectivity index (χ0n) is 10.2. The van der Waals surface area contributed by atoms with E-state index in [-0.39, 0.29) is 5.91 Å². The predicted octanol–water partition coefficient (Wildman–Crippen LogP) is 1.73. The molecule has 0 saturated carbocycles. The molecule has 0 aromatic heterocycles. The summed E-state index contributed by atoms with van der Waals surface area (Å²) in [5.74, 6) is 0.0191. The lowest BCUT2D eigenvalue weighted by Gasteiger charge is -2.15. The Hall–Kier alpha value is -1.34. The van der Waals surface area contributed by atoms with Crippen LogP contribution in [0.4, 0.5) is 0 Å². The van der Waals surface area contributed by atoms with Gasteiger partial charge < -0.3 is 9.64 Å². The molecule has 4 heteroatoms. The van der Waals surface area contributed by atoms with Crippen molar-refractivity contribution in [2.75, 3.05) is 26.8 Å². The third kappa shape index (κ3) is 8.01. The molecule has 0 aliphatic carbocycles. The average molecular weight is 224 g/mol. The van der Waals surface area contributed by atoms with Crippen LogP contribution in [0.1, 0.15) is 26.2 Å². The first-order valence-corrected chi connectivity index (χ1v) is 5.41. The Bertz CT molecular complexity index is 269. The number of nitriles is 1. The van der Waals surface area contributed by atoms with Crippen LogP contribution in [0, 0.1) is 11.3 Å². The molecule has 0 rings (SSSR count). The molecule has 0 aliphatic heterocycles. The molecular formula is C12H20N2O2. The molecule has 0 spiro atoms. The first-order valence-electron chi connectivity index (χ1n) is 5.41. The highest BCUT2D eigenvalue weighted by atomic mass is 16.5. The fraction of sp³-hybridized carbons (Fsp3) is 0.667. The molecule has 90 valence electrons. The van der Waals surface area contributed by atoms with Gasteiger partial charge in [0.1, 0.15) is 0 Å². The van der Waals surface area contributed by atoms with E-state index in [0.29, 0.717) is 32.6 Å². The summed E-state index contributed by atoms with van der Waals surface area (Å²) in [6.45, 7) is 7.25. The van der Waals surface area contributed by atoms with Crippen LogP contribution >= 0.6 is 0 Å². The predicted molar refractivity (Wildman–Crippen MR) is 62.7 cm³/mol. The van der Waals surface area contributed by atoms with E-state index < -0.39 is 0 Å². The minimum Gasteiger partial charge on any atom is -0.381 e. The van der Waals surface area contributed by atoms with Crippen LogP contribution in [0.25, 0.3) is 0 Å². The Kier molecular flexibility index (Phi) is 8.18. The number of hydrogen-bond donors (Lipinski definition) is 0. The summed E-state index contributed by atoms with van der Waals surface area (Å²) in [4.78, 5) is 13.0. The highest BCUT2D eigenvalue weighted by Crippen LogP contribution is 1.97. The van der Waals surface area contributed by atoms with Gasteiger partial charge in [-0.3, -0.25) is 4.79 Å². The summed E-state index contributed by atoms with van der Waals surface area (Å²) in [5.41, 5.74) is 1.08. The molecule has 0 aromatic rings. The van der Waals surface area contributed by atoms with Gasteiger partial charge in [-0.1, -0.05) is 5.57 Å². The smallest absolute Gasteiger partial charge is 0.224 e. The summed E-state index contributed by atoms with van der Waals surface area (Å²) in [7, 11) is 1.70. The fourth-order valence-electron chi connectivity index (χ4n) is 1.04. The van der Waals surface area contributed by atoms with E-state index >= 15 is 0 Å². The second-order valence-electron chi connectivity index (χ2n) is 3.79. The highest BCUT2D eigenvalue weighted by Gasteiger charge is 2.07. The van der Waals surface area contributed by atoms with Gasteiger partial charge in [0.25, 0.3) is 0 Å². The molecule has 16 heavy (non-hydrogen) atoms. The average Bonchev–Trinajstić information content (AvgIpc) is 2.24. The number of rotatable bonds is 8. The summed E-state index contributed by atoms with van der Waals surface area (Å²) in [6.07, 6.45) is 1.58. The van der Waals surface area contributed by atoms with Gasteiger partial charge in [-0.05, 0) is 13.3 Å². The minimum absolute atomic E-state index is 0.0191. The lowest BCUT2D eigenvalue weighted by molar-refractivity contribution is -0.130. The first kappa shape index (κ1) is 14.7. The number of carbonyl (C=O) groups is 1. The standard InChI is InChI=1S/C12H20N2O2/c1-11(2)5-9-16-10-6-12(15)14(3)8-4-7-13/h1,4-6,8-10H2,2-3H3. The van der Waals surface area contributed by atoms with E-state index in [1.807, 2.05) is 13.0 Å². The van der Waals surface area contributed by atoms with E-state index in [4.69, 9.17) is 10.00 Å². The highest BCUT2D eigenvalue weighted by molar-refractivity contribution is 5.75. The molecule has 0 fully saturated rings. The van der Waals surface area contributed by atoms with E-state index in [1.54, 1.807) is 11.9 Å². The molecule has 1 amide bonds. The zero-order valence-corrected chi connectivity index (χ0v) is 10.2. The van der Waals surface area contributed by atoms with E-state index in [9.17, 15) is 4.79 Å². The molecule has 4 nitrogen and oxygen atoms in total. The van der Waals surface area contributed by atoms with Crippen LogP contribution < -0.4 is 0 Å². The third-order valence-corrected chi connectivity index (χ3v) is 2.12. The molecule has 0 heterocycles. The van der Waals surface area contributed by atoms with E-state index in [0.717, 1.165) is 12.0 Å². The Morgan fingerprint density at radius 2 is 2.06 bits per heavy atom. The van der Waals surface area contributed by atoms with Gasteiger partial charge >= 0.3 is 0 Å². The van der Waals surface area contributed by atoms with Crippen LogP contribution in [0.3, 0.4) is 0 Å². The molecule has 0 atom stereocenters. The van der Waals surface area contributed by atoms with Crippen LogP contribution in [-0.4, -0.2) is 37.6 Å². The van der Waals surface area contributed by atoms with Crippen molar-refractivity contribution in [3.8, 4) is 6.07 Å². The summed E-state index contributed by atoms with van der Waals surface area (Å²) < 4.78 is 5.30. The molecule has 0 bridgehead atoms. The summed E-state index contributed by atoms with van der Waals surface area (Å²) in [6, 6.07) is 2.01. The zero-order chi connectivity index (χ0) is 12.4. The summed E-state index contributed by atoms with van der Waals surface area (Å²) >= 11 is 0. The van der Waals surface area contributed by atoms with Crippen LogP contribution in [-0.2, 0) is 9.53 Å². The molecular weight excluding hydrogens is 204 g/mol. The SMILES string of the molecule is C=C(C)CCOCCC(=O)N(C)CCC#N. The molecule has 0 radical (unpaired) electrons. The van der Waals surface area contributed by atoms with Gasteiger partial charge in [-0.2, -0.15) is 5.26 Å². The van der Waals surface area contributed by atoms with Gasteiger partial charge in [-0.25, -0.2) is 0 Å². The van der Waals surface area contributed by atoms with Crippen molar-refractivity contribution in [1.82, 2.24) is 4.90 Å². The lowest BCUT2D eigenvalue weighted by atomic mass is 10.3. The molecule has 0 unspecified atom stereocenters. The minimum atomic E-state index is 0.0191. The number of carbonyl (C=O) groups excluding carboxylic acids is 1. The quantitative estimate of drug-likeness (QED) is 0.466. The molecule has 0 N–H and O–H groups in total. The number of hydrogen-bond acceptors (Lipinski definition) is 3. The second kappa shape index (κ2) is 8.93. The molecule has 0 aliphatic rings. The number of amides is 1. The van der Waals surface area contributed by atoms with Gasteiger partial charge in [0.05, 0.1) is 32.1 Å². The lowest BCUT2D eigenvalue weighted by Crippen LogP contribution is -2.28. The number of ether oxygens (including phenoxy) is 1. The van der Waals surface area contributed by atoms with Crippen LogP contribution in [0.2, 0.25) is 0 Å². The Morgan fingerprint density at radius 1 is 1.44 bits per heavy atom. The fourth-order valence-corrected chi connectivity index (χ4v) is 1.04. The third-order valence-electron chi connectivity index (χ3n) is 2.12. The van der Waals surface area contributed by atoms with E-state index in [2.05, 4.69) is 6.58 Å². The maximum Gasteiger partial charge on any atom is 0.224 e. The van der Waals surface area contributed by atoms with Crippen LogP contribution in [0.15, 0.2) is 12.2 Å². The molecule has 0 aromatic carbocycles. The normalized spacial score (nSPS) is 9.56. The van der Waals surface area contributed by atoms with Crippen molar-refractivity contribution in [2.24, 2.45) is 0 Å². The Labute approximate surface area is 97.5 Å². The maximum atomic E-state index is 11.5. The van der Waals surface area contributed by atoms with Gasteiger partial charge in [0, 0.05) is 13.6 Å². The van der Waals surface area contributed by atoms with E-state index in [1.165, 1.54) is 0 Å². The Balaban J connectivity index is 3.50. The van der Waals surface area contributed by atoms with Gasteiger partial charge in [-0.15, -0.1) is 6.58 Å². The first-order chi connectivity index (χ1) is 7.57. The van der Waals surface area contributed by atoms with Gasteiger partial charge in [0.15, 0.2) is 0 Å². The van der Waals surface area contributed by atoms with Gasteiger partial charge in [0.2, 0.25) is 5.91 Å². The van der Waals surface area contributed by atoms with Crippen molar-refractivity contribution in [2.45, 2.75) is 26.2 Å². The van der Waals surface area contributed by atoms with Crippen molar-refractivity contribution in [3.63, 3.8) is 0 Å². The van der Waals surface area contributed by atoms with Crippen LogP contribution in [0.5, 0.6) is 0 Å². The van der Waals surface area contributed by atoms with Crippen molar-refractivity contribution < 1.29 is 9.53 Å². The monoisotopic (exact) mass is 224 g/mol. The van der Waals surface area contributed by atoms with Crippen molar-refractivity contribution in [1.29, 1.82) is 5.26 Å². The topological polar surface area (TPSA) is 53.3 Å². The Morgan fingerprint density at radius 3 is 2.62 bits per heavy atom. The number of nitrogens with zero attached hydrogens (tertiary/aromatic N) is 2. The molecule has 0 saturated heterocycles. The van der Waals surface area contributed by atoms with Crippen molar-refractivity contribution in [3.05, 3.63) is 12.2 Å². The largest absolute Gasteiger partial charge is 0.381 e.